The Balaban J connectivity index is 1.57. The number of hydrogen-bond acceptors (Lipinski definition) is 5. The summed E-state index contributed by atoms with van der Waals surface area (Å²) in [5.74, 6) is -0.0684. The van der Waals surface area contributed by atoms with Gasteiger partial charge in [0.1, 0.15) is 5.82 Å². The molecule has 0 aliphatic rings. The quantitative estimate of drug-likeness (QED) is 0.590. The van der Waals surface area contributed by atoms with Gasteiger partial charge in [0.15, 0.2) is 0 Å². The topological polar surface area (TPSA) is 80.9 Å². The van der Waals surface area contributed by atoms with Gasteiger partial charge >= 0.3 is 0 Å². The van der Waals surface area contributed by atoms with E-state index in [9.17, 15) is 9.18 Å². The van der Waals surface area contributed by atoms with Gasteiger partial charge in [-0.15, -0.1) is 0 Å². The van der Waals surface area contributed by atoms with E-state index in [4.69, 9.17) is 4.52 Å². The first kappa shape index (κ1) is 16.6. The molecule has 0 bridgehead atoms. The van der Waals surface area contributed by atoms with E-state index in [2.05, 4.69) is 20.4 Å². The van der Waals surface area contributed by atoms with Crippen LogP contribution in [0.1, 0.15) is 10.4 Å². The highest BCUT2D eigenvalue weighted by atomic mass is 19.1. The average molecular weight is 360 g/mol. The molecular formula is C20H13FN4O2. The Hall–Kier alpha value is -3.87. The van der Waals surface area contributed by atoms with Gasteiger partial charge in [0.2, 0.25) is 5.82 Å². The zero-order chi connectivity index (χ0) is 18.6. The lowest BCUT2D eigenvalue weighted by Crippen LogP contribution is -2.11. The fourth-order valence-corrected chi connectivity index (χ4v) is 2.52. The molecule has 0 unspecified atom stereocenters. The molecule has 0 aliphatic heterocycles. The molecule has 7 heteroatoms. The number of anilines is 1. The molecule has 27 heavy (non-hydrogen) atoms. The standard InChI is InChI=1S/C20H13FN4O2/c21-16-5-1-4-15(11-16)20-24-18(25-27-20)14-3-2-6-17(12-14)23-19(26)13-7-9-22-10-8-13/h1-12H,(H,23,26). The largest absolute Gasteiger partial charge is 0.334 e. The van der Waals surface area contributed by atoms with Crippen LogP contribution in [0, 0.1) is 5.82 Å². The molecule has 2 heterocycles. The molecule has 1 N–H and O–H groups in total. The maximum Gasteiger partial charge on any atom is 0.258 e. The third-order valence-electron chi connectivity index (χ3n) is 3.82. The molecule has 0 spiro atoms. The number of benzene rings is 2. The molecule has 0 saturated carbocycles. The lowest BCUT2D eigenvalue weighted by Gasteiger charge is -2.06. The molecule has 132 valence electrons. The van der Waals surface area contributed by atoms with E-state index < -0.39 is 0 Å². The van der Waals surface area contributed by atoms with Gasteiger partial charge in [0, 0.05) is 34.8 Å². The van der Waals surface area contributed by atoms with Gasteiger partial charge in [0.25, 0.3) is 11.8 Å². The van der Waals surface area contributed by atoms with Gasteiger partial charge in [-0.2, -0.15) is 4.98 Å². The Kier molecular flexibility index (Phi) is 4.40. The van der Waals surface area contributed by atoms with Crippen LogP contribution in [0.2, 0.25) is 0 Å². The summed E-state index contributed by atoms with van der Waals surface area (Å²) >= 11 is 0. The van der Waals surface area contributed by atoms with Crippen LogP contribution in [-0.4, -0.2) is 21.0 Å². The fraction of sp³-hybridized carbons (Fsp3) is 0. The van der Waals surface area contributed by atoms with Crippen LogP contribution in [0.3, 0.4) is 0 Å². The summed E-state index contributed by atoms with van der Waals surface area (Å²) < 4.78 is 18.6. The lowest BCUT2D eigenvalue weighted by molar-refractivity contribution is 0.102. The van der Waals surface area contributed by atoms with E-state index in [1.165, 1.54) is 12.1 Å². The van der Waals surface area contributed by atoms with Crippen molar-refractivity contribution in [3.8, 4) is 22.8 Å². The first-order chi connectivity index (χ1) is 13.2. The van der Waals surface area contributed by atoms with Gasteiger partial charge in [-0.25, -0.2) is 4.39 Å². The molecule has 6 nitrogen and oxygen atoms in total. The average Bonchev–Trinajstić information content (AvgIpc) is 3.19. The highest BCUT2D eigenvalue weighted by Crippen LogP contribution is 2.24. The minimum absolute atomic E-state index is 0.218. The summed E-state index contributed by atoms with van der Waals surface area (Å²) in [4.78, 5) is 20.5. The highest BCUT2D eigenvalue weighted by Gasteiger charge is 2.12. The van der Waals surface area contributed by atoms with Gasteiger partial charge < -0.3 is 9.84 Å². The molecule has 4 aromatic rings. The first-order valence-electron chi connectivity index (χ1n) is 8.10. The maximum absolute atomic E-state index is 13.4. The SMILES string of the molecule is O=C(Nc1cccc(-c2noc(-c3cccc(F)c3)n2)c1)c1ccncc1. The Labute approximate surface area is 153 Å². The minimum Gasteiger partial charge on any atom is -0.334 e. The smallest absolute Gasteiger partial charge is 0.258 e. The van der Waals surface area contributed by atoms with Crippen molar-refractivity contribution in [1.29, 1.82) is 0 Å². The van der Waals surface area contributed by atoms with Crippen LogP contribution in [0.4, 0.5) is 10.1 Å². The molecule has 1 amide bonds. The summed E-state index contributed by atoms with van der Waals surface area (Å²) in [6, 6.07) is 16.2. The normalized spacial score (nSPS) is 10.6. The molecule has 4 rings (SSSR count). The highest BCUT2D eigenvalue weighted by molar-refractivity contribution is 6.04. The monoisotopic (exact) mass is 360 g/mol. The van der Waals surface area contributed by atoms with Gasteiger partial charge in [-0.3, -0.25) is 9.78 Å². The number of hydrogen-bond donors (Lipinski definition) is 1. The zero-order valence-electron chi connectivity index (χ0n) is 14.0. The summed E-state index contributed by atoms with van der Waals surface area (Å²) in [7, 11) is 0. The number of carbonyl (C=O) groups excluding carboxylic acids is 1. The maximum atomic E-state index is 13.4. The summed E-state index contributed by atoms with van der Waals surface area (Å²) in [5.41, 5.74) is 2.25. The van der Waals surface area contributed by atoms with E-state index in [0.29, 0.717) is 28.2 Å². The van der Waals surface area contributed by atoms with Crippen LogP contribution >= 0.6 is 0 Å². The van der Waals surface area contributed by atoms with Crippen LogP contribution in [0.5, 0.6) is 0 Å². The Morgan fingerprint density at radius 1 is 0.963 bits per heavy atom. The molecule has 0 fully saturated rings. The van der Waals surface area contributed by atoms with E-state index in [1.807, 2.05) is 0 Å². The second-order valence-electron chi connectivity index (χ2n) is 5.70. The number of pyridine rings is 1. The van der Waals surface area contributed by atoms with Crippen molar-refractivity contribution < 1.29 is 13.7 Å². The number of halogens is 1. The second kappa shape index (κ2) is 7.17. The van der Waals surface area contributed by atoms with Crippen molar-refractivity contribution in [1.82, 2.24) is 15.1 Å². The first-order valence-corrected chi connectivity index (χ1v) is 8.10. The predicted molar refractivity (Wildman–Crippen MR) is 97.3 cm³/mol. The van der Waals surface area contributed by atoms with Gasteiger partial charge in [-0.05, 0) is 42.5 Å². The van der Waals surface area contributed by atoms with E-state index in [1.54, 1.807) is 60.9 Å². The molecule has 0 saturated heterocycles. The number of nitrogens with one attached hydrogen (secondary N) is 1. The number of aromatic nitrogens is 3. The third-order valence-corrected chi connectivity index (χ3v) is 3.82. The fourth-order valence-electron chi connectivity index (χ4n) is 2.52. The number of carbonyl (C=O) groups is 1. The Bertz CT molecular complexity index is 1100. The summed E-state index contributed by atoms with van der Waals surface area (Å²) in [6.45, 7) is 0. The lowest BCUT2D eigenvalue weighted by atomic mass is 10.1. The van der Waals surface area contributed by atoms with Gasteiger partial charge in [-0.1, -0.05) is 23.4 Å². The van der Waals surface area contributed by atoms with Gasteiger partial charge in [0.05, 0.1) is 0 Å². The molecule has 0 atom stereocenters. The van der Waals surface area contributed by atoms with Crippen molar-refractivity contribution in [2.45, 2.75) is 0 Å². The van der Waals surface area contributed by atoms with Crippen LogP contribution in [0.15, 0.2) is 77.6 Å². The minimum atomic E-state index is -0.381. The molecule has 0 radical (unpaired) electrons. The van der Waals surface area contributed by atoms with Crippen LogP contribution in [0.25, 0.3) is 22.8 Å². The number of amides is 1. The predicted octanol–water partition coefficient (Wildman–Crippen LogP) is 4.19. The van der Waals surface area contributed by atoms with Crippen molar-refractivity contribution in [2.24, 2.45) is 0 Å². The van der Waals surface area contributed by atoms with Crippen LogP contribution in [-0.2, 0) is 0 Å². The number of rotatable bonds is 4. The van der Waals surface area contributed by atoms with E-state index >= 15 is 0 Å². The van der Waals surface area contributed by atoms with E-state index in [-0.39, 0.29) is 17.6 Å². The van der Waals surface area contributed by atoms with Crippen LogP contribution < -0.4 is 5.32 Å². The Morgan fingerprint density at radius 3 is 2.56 bits per heavy atom. The second-order valence-corrected chi connectivity index (χ2v) is 5.70. The summed E-state index contributed by atoms with van der Waals surface area (Å²) in [6.07, 6.45) is 3.11. The molecular weight excluding hydrogens is 347 g/mol. The zero-order valence-corrected chi connectivity index (χ0v) is 14.0. The van der Waals surface area contributed by atoms with E-state index in [0.717, 1.165) is 0 Å². The van der Waals surface area contributed by atoms with Crippen molar-refractivity contribution in [3.05, 3.63) is 84.4 Å². The van der Waals surface area contributed by atoms with Crippen molar-refractivity contribution in [2.75, 3.05) is 5.32 Å². The summed E-state index contributed by atoms with van der Waals surface area (Å²) in [5, 5.41) is 6.75. The molecule has 0 aliphatic carbocycles. The molecule has 2 aromatic carbocycles. The van der Waals surface area contributed by atoms with Crippen molar-refractivity contribution >= 4 is 11.6 Å². The third kappa shape index (κ3) is 3.72. The molecule has 2 aromatic heterocycles. The Morgan fingerprint density at radius 2 is 1.74 bits per heavy atom. The van der Waals surface area contributed by atoms with Crippen molar-refractivity contribution in [3.63, 3.8) is 0 Å². The number of nitrogens with zero attached hydrogens (tertiary/aromatic N) is 3.